The number of hydrogen-bond acceptors (Lipinski definition) is 3. The summed E-state index contributed by atoms with van der Waals surface area (Å²) in [6.07, 6.45) is 3.47. The molecule has 0 amide bonds. The molecule has 0 fully saturated rings. The molecule has 0 aliphatic carbocycles. The van der Waals surface area contributed by atoms with E-state index in [4.69, 9.17) is 4.74 Å². The predicted molar refractivity (Wildman–Crippen MR) is 121 cm³/mol. The molecule has 0 bridgehead atoms. The zero-order chi connectivity index (χ0) is 21.5. The fourth-order valence-corrected chi connectivity index (χ4v) is 3.83. The lowest BCUT2D eigenvalue weighted by molar-refractivity contribution is 0.101. The van der Waals surface area contributed by atoms with Crippen molar-refractivity contribution >= 4 is 27.8 Å². The van der Waals surface area contributed by atoms with Gasteiger partial charge in [-0.3, -0.25) is 4.79 Å². The van der Waals surface area contributed by atoms with Gasteiger partial charge in [0.15, 0.2) is 5.76 Å². The first-order valence-corrected chi connectivity index (χ1v) is 10.4. The molecule has 0 unspecified atom stereocenters. The molecule has 3 aromatic carbocycles. The summed E-state index contributed by atoms with van der Waals surface area (Å²) in [4.78, 5) is 12.9. The van der Waals surface area contributed by atoms with Crippen LogP contribution >= 0.6 is 15.9 Å². The Kier molecular flexibility index (Phi) is 4.79. The van der Waals surface area contributed by atoms with Crippen LogP contribution in [-0.4, -0.2) is 15.6 Å². The number of para-hydroxylation sites is 1. The van der Waals surface area contributed by atoms with E-state index in [-0.39, 0.29) is 17.4 Å². The quantitative estimate of drug-likeness (QED) is 0.324. The Morgan fingerprint density at radius 1 is 1.06 bits per heavy atom. The van der Waals surface area contributed by atoms with Crippen LogP contribution in [-0.2, 0) is 0 Å². The number of allylic oxidation sites excluding steroid dienone is 1. The van der Waals surface area contributed by atoms with E-state index >= 15 is 0 Å². The lowest BCUT2D eigenvalue weighted by atomic mass is 10.0. The van der Waals surface area contributed by atoms with Crippen molar-refractivity contribution < 1.29 is 13.9 Å². The lowest BCUT2D eigenvalue weighted by Crippen LogP contribution is -1.98. The van der Waals surface area contributed by atoms with Crippen LogP contribution in [0.25, 0.3) is 23.0 Å². The number of ketones is 1. The van der Waals surface area contributed by atoms with Crippen LogP contribution in [0, 0.1) is 12.7 Å². The van der Waals surface area contributed by atoms with Crippen LogP contribution in [0.15, 0.2) is 83.2 Å². The molecular formula is C25H16BrFN2O2. The molecule has 0 saturated carbocycles. The summed E-state index contributed by atoms with van der Waals surface area (Å²) < 4.78 is 22.6. The maximum absolute atomic E-state index is 14.3. The van der Waals surface area contributed by atoms with E-state index in [0.29, 0.717) is 33.7 Å². The van der Waals surface area contributed by atoms with E-state index in [2.05, 4.69) is 21.0 Å². The zero-order valence-electron chi connectivity index (χ0n) is 16.5. The molecule has 0 atom stereocenters. The van der Waals surface area contributed by atoms with Crippen molar-refractivity contribution in [2.45, 2.75) is 6.92 Å². The smallest absolute Gasteiger partial charge is 0.232 e. The molecule has 0 N–H and O–H groups in total. The third kappa shape index (κ3) is 3.59. The van der Waals surface area contributed by atoms with Gasteiger partial charge >= 0.3 is 0 Å². The average molecular weight is 475 g/mol. The summed E-state index contributed by atoms with van der Waals surface area (Å²) >= 11 is 3.39. The van der Waals surface area contributed by atoms with Gasteiger partial charge in [-0.2, -0.15) is 5.10 Å². The van der Waals surface area contributed by atoms with Crippen molar-refractivity contribution in [3.63, 3.8) is 0 Å². The Morgan fingerprint density at radius 2 is 1.87 bits per heavy atom. The molecule has 4 aromatic rings. The summed E-state index contributed by atoms with van der Waals surface area (Å²) in [7, 11) is 0. The number of rotatable bonds is 3. The van der Waals surface area contributed by atoms with E-state index < -0.39 is 0 Å². The second-order valence-corrected chi connectivity index (χ2v) is 8.17. The van der Waals surface area contributed by atoms with Crippen LogP contribution < -0.4 is 4.74 Å². The van der Waals surface area contributed by atoms with Crippen LogP contribution in [0.4, 0.5) is 4.39 Å². The number of aryl methyl sites for hydroxylation is 1. The second kappa shape index (κ2) is 7.63. The molecule has 1 aliphatic heterocycles. The highest BCUT2D eigenvalue weighted by Gasteiger charge is 2.28. The number of fused-ring (bicyclic) bond motifs is 1. The lowest BCUT2D eigenvalue weighted by Gasteiger charge is -2.03. The first kappa shape index (κ1) is 19.5. The Morgan fingerprint density at radius 3 is 2.65 bits per heavy atom. The van der Waals surface area contributed by atoms with Crippen LogP contribution in [0.2, 0.25) is 0 Å². The van der Waals surface area contributed by atoms with Gasteiger partial charge in [0.05, 0.1) is 11.3 Å². The molecule has 0 radical (unpaired) electrons. The van der Waals surface area contributed by atoms with Gasteiger partial charge in [0.2, 0.25) is 5.78 Å². The van der Waals surface area contributed by atoms with Gasteiger partial charge in [-0.05, 0) is 55.0 Å². The van der Waals surface area contributed by atoms with Gasteiger partial charge < -0.3 is 4.74 Å². The third-order valence-corrected chi connectivity index (χ3v) is 5.62. The Bertz CT molecular complexity index is 1360. The van der Waals surface area contributed by atoms with E-state index in [1.807, 2.05) is 48.7 Å². The number of benzene rings is 3. The standard InChI is InChI=1S/C25H16BrFN2O2/c1-15-7-8-16(11-21(15)27)24-17(14-29(28-24)19-5-3-2-4-6-19)12-23-25(30)20-13-18(26)9-10-22(20)31-23/h2-14H,1H3/b23-12-. The highest BCUT2D eigenvalue weighted by molar-refractivity contribution is 9.10. The maximum Gasteiger partial charge on any atom is 0.232 e. The number of nitrogens with zero attached hydrogens (tertiary/aromatic N) is 2. The fraction of sp³-hybridized carbons (Fsp3) is 0.0400. The average Bonchev–Trinajstić information content (AvgIpc) is 3.33. The molecule has 0 spiro atoms. The summed E-state index contributed by atoms with van der Waals surface area (Å²) in [6, 6.07) is 19.9. The minimum absolute atomic E-state index is 0.203. The molecule has 5 rings (SSSR count). The SMILES string of the molecule is Cc1ccc(-c2nn(-c3ccccc3)cc2/C=C2\Oc3ccc(Br)cc3C2=O)cc1F. The second-order valence-electron chi connectivity index (χ2n) is 7.26. The maximum atomic E-state index is 14.3. The highest BCUT2D eigenvalue weighted by atomic mass is 79.9. The third-order valence-electron chi connectivity index (χ3n) is 5.13. The van der Waals surface area contributed by atoms with Gasteiger partial charge in [0, 0.05) is 21.8 Å². The molecule has 152 valence electrons. The predicted octanol–water partition coefficient (Wildman–Crippen LogP) is 6.37. The molecule has 2 heterocycles. The van der Waals surface area contributed by atoms with Gasteiger partial charge in [-0.15, -0.1) is 0 Å². The number of halogens is 2. The van der Waals surface area contributed by atoms with Gasteiger partial charge in [0.1, 0.15) is 17.3 Å². The van der Waals surface area contributed by atoms with Crippen molar-refractivity contribution in [1.82, 2.24) is 9.78 Å². The van der Waals surface area contributed by atoms with Crippen LogP contribution in [0.1, 0.15) is 21.5 Å². The first-order valence-electron chi connectivity index (χ1n) is 9.65. The van der Waals surface area contributed by atoms with Crippen LogP contribution in [0.3, 0.4) is 0 Å². The molecular weight excluding hydrogens is 459 g/mol. The van der Waals surface area contributed by atoms with Crippen LogP contribution in [0.5, 0.6) is 5.75 Å². The molecule has 31 heavy (non-hydrogen) atoms. The number of aromatic nitrogens is 2. The molecule has 0 saturated heterocycles. The highest BCUT2D eigenvalue weighted by Crippen LogP contribution is 2.35. The van der Waals surface area contributed by atoms with Crippen molar-refractivity contribution in [3.05, 3.63) is 106 Å². The molecule has 6 heteroatoms. The summed E-state index contributed by atoms with van der Waals surface area (Å²) in [5, 5.41) is 4.68. The minimum atomic E-state index is -0.309. The molecule has 4 nitrogen and oxygen atoms in total. The molecule has 1 aliphatic rings. The van der Waals surface area contributed by atoms with E-state index in [0.717, 1.165) is 10.2 Å². The van der Waals surface area contributed by atoms with Crippen molar-refractivity contribution in [2.75, 3.05) is 0 Å². The van der Waals surface area contributed by atoms with Crippen molar-refractivity contribution in [1.29, 1.82) is 0 Å². The number of hydrogen-bond donors (Lipinski definition) is 0. The summed E-state index contributed by atoms with van der Waals surface area (Å²) in [5.41, 5.74) is 3.74. The number of carbonyl (C=O) groups excluding carboxylic acids is 1. The number of Topliss-reactive ketones (excluding diaryl/α,β-unsaturated/α-hetero) is 1. The molecule has 1 aromatic heterocycles. The normalized spacial score (nSPS) is 14.0. The van der Waals surface area contributed by atoms with Crippen molar-refractivity contribution in [2.24, 2.45) is 0 Å². The van der Waals surface area contributed by atoms with Gasteiger partial charge in [-0.25, -0.2) is 9.07 Å². The number of ether oxygens (including phenoxy) is 1. The summed E-state index contributed by atoms with van der Waals surface area (Å²) in [6.45, 7) is 1.71. The van der Waals surface area contributed by atoms with Gasteiger partial charge in [0.25, 0.3) is 0 Å². The number of carbonyl (C=O) groups is 1. The minimum Gasteiger partial charge on any atom is -0.452 e. The van der Waals surface area contributed by atoms with E-state index in [9.17, 15) is 9.18 Å². The van der Waals surface area contributed by atoms with E-state index in [1.165, 1.54) is 6.07 Å². The zero-order valence-corrected chi connectivity index (χ0v) is 18.1. The fourth-order valence-electron chi connectivity index (χ4n) is 3.47. The summed E-state index contributed by atoms with van der Waals surface area (Å²) in [5.74, 6) is 0.202. The largest absolute Gasteiger partial charge is 0.452 e. The Hall–Kier alpha value is -3.51. The first-order chi connectivity index (χ1) is 15.0. The monoisotopic (exact) mass is 474 g/mol. The van der Waals surface area contributed by atoms with Crippen molar-refractivity contribution in [3.8, 4) is 22.7 Å². The topological polar surface area (TPSA) is 44.1 Å². The Labute approximate surface area is 186 Å². The van der Waals surface area contributed by atoms with E-state index in [1.54, 1.807) is 35.9 Å². The Balaban J connectivity index is 1.64. The van der Waals surface area contributed by atoms with Gasteiger partial charge in [-0.1, -0.05) is 46.3 Å².